The van der Waals surface area contributed by atoms with Crippen LogP contribution in [-0.4, -0.2) is 11.5 Å². The van der Waals surface area contributed by atoms with E-state index >= 15 is 0 Å². The van der Waals surface area contributed by atoms with Crippen molar-refractivity contribution in [3.8, 4) is 11.8 Å². The van der Waals surface area contributed by atoms with Crippen molar-refractivity contribution in [3.05, 3.63) is 46.5 Å². The lowest BCUT2D eigenvalue weighted by atomic mass is 10.1. The first-order chi connectivity index (χ1) is 8.24. The summed E-state index contributed by atoms with van der Waals surface area (Å²) in [5, 5.41) is 20.8. The molecule has 0 saturated carbocycles. The van der Waals surface area contributed by atoms with Gasteiger partial charge in [0.2, 0.25) is 5.75 Å². The summed E-state index contributed by atoms with van der Waals surface area (Å²) in [6.45, 7) is -0.213. The van der Waals surface area contributed by atoms with E-state index in [0.717, 1.165) is 5.39 Å². The maximum absolute atomic E-state index is 10.9. The van der Waals surface area contributed by atoms with Crippen molar-refractivity contribution in [3.63, 3.8) is 0 Å². The van der Waals surface area contributed by atoms with Crippen LogP contribution in [0.4, 0.5) is 5.69 Å². The highest BCUT2D eigenvalue weighted by Gasteiger charge is 2.17. The first kappa shape index (κ1) is 10.9. The number of hydrogen-bond acceptors (Lipinski definition) is 4. The molecule has 0 amide bonds. The Morgan fingerprint density at radius 3 is 2.76 bits per heavy atom. The number of nitro benzene ring substituents is 1. The topological polar surface area (TPSA) is 76.2 Å². The average Bonchev–Trinajstić information content (AvgIpc) is 2.35. The molecular formula is C12H8N2O3. The number of rotatable bonds is 3. The highest BCUT2D eigenvalue weighted by Crippen LogP contribution is 2.35. The number of hydrogen-bond donors (Lipinski definition) is 0. The molecule has 0 aliphatic heterocycles. The Morgan fingerprint density at radius 1 is 1.29 bits per heavy atom. The fraction of sp³-hybridized carbons (Fsp3) is 0.0833. The minimum absolute atomic E-state index is 0.126. The normalized spacial score (nSPS) is 9.82. The van der Waals surface area contributed by atoms with Gasteiger partial charge in [0.05, 0.1) is 4.92 Å². The van der Waals surface area contributed by atoms with E-state index in [-0.39, 0.29) is 18.0 Å². The van der Waals surface area contributed by atoms with Crippen LogP contribution in [0.15, 0.2) is 36.4 Å². The molecule has 0 N–H and O–H groups in total. The Bertz CT molecular complexity index is 617. The van der Waals surface area contributed by atoms with Crippen LogP contribution >= 0.6 is 0 Å². The summed E-state index contributed by atoms with van der Waals surface area (Å²) in [6.07, 6.45) is 0. The van der Waals surface area contributed by atoms with Crippen molar-refractivity contribution >= 4 is 16.5 Å². The summed E-state index contributed by atoms with van der Waals surface area (Å²) < 4.78 is 5.16. The fourth-order valence-corrected chi connectivity index (χ4v) is 1.63. The Hall–Kier alpha value is -2.61. The minimum Gasteiger partial charge on any atom is -0.471 e. The SMILES string of the molecule is N#CCOc1c([N+](=O)[O-])ccc2ccccc12. The molecule has 0 bridgehead atoms. The number of fused-ring (bicyclic) bond motifs is 1. The largest absolute Gasteiger partial charge is 0.471 e. The van der Waals surface area contributed by atoms with Gasteiger partial charge >= 0.3 is 5.69 Å². The van der Waals surface area contributed by atoms with Gasteiger partial charge in [0.1, 0.15) is 6.07 Å². The molecule has 0 aromatic heterocycles. The third kappa shape index (κ3) is 2.01. The fourth-order valence-electron chi connectivity index (χ4n) is 1.63. The molecule has 17 heavy (non-hydrogen) atoms. The Balaban J connectivity index is 2.66. The zero-order chi connectivity index (χ0) is 12.3. The van der Waals surface area contributed by atoms with Crippen molar-refractivity contribution < 1.29 is 9.66 Å². The summed E-state index contributed by atoms with van der Waals surface area (Å²) >= 11 is 0. The molecule has 2 aromatic carbocycles. The summed E-state index contributed by atoms with van der Waals surface area (Å²) in [4.78, 5) is 10.4. The molecule has 0 aliphatic rings. The van der Waals surface area contributed by atoms with Gasteiger partial charge in [0.25, 0.3) is 0 Å². The lowest BCUT2D eigenvalue weighted by Crippen LogP contribution is -1.99. The molecule has 0 fully saturated rings. The number of nitriles is 1. The predicted octanol–water partition coefficient (Wildman–Crippen LogP) is 2.65. The summed E-state index contributed by atoms with van der Waals surface area (Å²) in [5.41, 5.74) is -0.126. The lowest BCUT2D eigenvalue weighted by Gasteiger charge is -2.06. The number of nitro groups is 1. The zero-order valence-corrected chi connectivity index (χ0v) is 8.79. The molecule has 0 unspecified atom stereocenters. The number of ether oxygens (including phenoxy) is 1. The van der Waals surface area contributed by atoms with Crippen LogP contribution in [0.3, 0.4) is 0 Å². The van der Waals surface area contributed by atoms with Crippen LogP contribution in [0.1, 0.15) is 0 Å². The van der Waals surface area contributed by atoms with Crippen LogP contribution in [0.2, 0.25) is 0 Å². The highest BCUT2D eigenvalue weighted by atomic mass is 16.6. The van der Waals surface area contributed by atoms with Gasteiger partial charge in [-0.25, -0.2) is 0 Å². The second-order valence-corrected chi connectivity index (χ2v) is 3.34. The maximum atomic E-state index is 10.9. The lowest BCUT2D eigenvalue weighted by molar-refractivity contribution is -0.385. The molecule has 5 heteroatoms. The van der Waals surface area contributed by atoms with E-state index in [0.29, 0.717) is 5.39 Å². The van der Waals surface area contributed by atoms with Gasteiger partial charge in [-0.2, -0.15) is 5.26 Å². The quantitative estimate of drug-likeness (QED) is 0.597. The van der Waals surface area contributed by atoms with E-state index < -0.39 is 4.92 Å². The van der Waals surface area contributed by atoms with E-state index in [9.17, 15) is 10.1 Å². The van der Waals surface area contributed by atoms with Gasteiger partial charge < -0.3 is 4.74 Å². The smallest absolute Gasteiger partial charge is 0.311 e. The van der Waals surface area contributed by atoms with Crippen LogP contribution < -0.4 is 4.74 Å². The second-order valence-electron chi connectivity index (χ2n) is 3.34. The van der Waals surface area contributed by atoms with Gasteiger partial charge in [-0.3, -0.25) is 10.1 Å². The van der Waals surface area contributed by atoms with E-state index in [1.54, 1.807) is 24.3 Å². The Morgan fingerprint density at radius 2 is 2.06 bits per heavy atom. The molecule has 0 saturated heterocycles. The molecular weight excluding hydrogens is 220 g/mol. The number of benzene rings is 2. The Kier molecular flexibility index (Phi) is 2.88. The van der Waals surface area contributed by atoms with Crippen molar-refractivity contribution in [1.82, 2.24) is 0 Å². The monoisotopic (exact) mass is 228 g/mol. The maximum Gasteiger partial charge on any atom is 0.311 e. The number of nitrogens with zero attached hydrogens (tertiary/aromatic N) is 2. The van der Waals surface area contributed by atoms with Crippen LogP contribution in [0, 0.1) is 21.4 Å². The van der Waals surface area contributed by atoms with Gasteiger partial charge in [0.15, 0.2) is 6.61 Å². The molecule has 0 atom stereocenters. The summed E-state index contributed by atoms with van der Waals surface area (Å²) in [7, 11) is 0. The molecule has 5 nitrogen and oxygen atoms in total. The molecule has 0 aliphatic carbocycles. The molecule has 2 rings (SSSR count). The van der Waals surface area contributed by atoms with Crippen LogP contribution in [-0.2, 0) is 0 Å². The van der Waals surface area contributed by atoms with Crippen molar-refractivity contribution in [2.75, 3.05) is 6.61 Å². The molecule has 0 heterocycles. The van der Waals surface area contributed by atoms with Gasteiger partial charge in [-0.05, 0) is 11.5 Å². The summed E-state index contributed by atoms with van der Waals surface area (Å²) in [6, 6.07) is 12.0. The minimum atomic E-state index is -0.515. The van der Waals surface area contributed by atoms with E-state index in [4.69, 9.17) is 10.00 Å². The average molecular weight is 228 g/mol. The van der Waals surface area contributed by atoms with Crippen LogP contribution in [0.25, 0.3) is 10.8 Å². The zero-order valence-electron chi connectivity index (χ0n) is 8.79. The molecule has 2 aromatic rings. The third-order valence-electron chi connectivity index (χ3n) is 2.34. The van der Waals surface area contributed by atoms with Crippen molar-refractivity contribution in [1.29, 1.82) is 5.26 Å². The first-order valence-electron chi connectivity index (χ1n) is 4.90. The van der Waals surface area contributed by atoms with Crippen molar-refractivity contribution in [2.24, 2.45) is 0 Å². The van der Waals surface area contributed by atoms with E-state index in [1.165, 1.54) is 6.07 Å². The highest BCUT2D eigenvalue weighted by molar-refractivity contribution is 5.91. The van der Waals surface area contributed by atoms with Crippen LogP contribution in [0.5, 0.6) is 5.75 Å². The van der Waals surface area contributed by atoms with E-state index in [2.05, 4.69) is 0 Å². The second kappa shape index (κ2) is 4.49. The van der Waals surface area contributed by atoms with Gasteiger partial charge in [-0.1, -0.05) is 24.3 Å². The van der Waals surface area contributed by atoms with Gasteiger partial charge in [0, 0.05) is 11.5 Å². The Labute approximate surface area is 97.0 Å². The molecule has 0 spiro atoms. The van der Waals surface area contributed by atoms with Gasteiger partial charge in [-0.15, -0.1) is 0 Å². The molecule has 84 valence electrons. The standard InChI is InChI=1S/C12H8N2O3/c13-7-8-17-12-10-4-2-1-3-9(10)5-6-11(12)14(15)16/h1-6H,8H2. The summed E-state index contributed by atoms with van der Waals surface area (Å²) in [5.74, 6) is 0.148. The third-order valence-corrected chi connectivity index (χ3v) is 2.34. The van der Waals surface area contributed by atoms with E-state index in [1.807, 2.05) is 12.1 Å². The first-order valence-corrected chi connectivity index (χ1v) is 4.90. The van der Waals surface area contributed by atoms with Crippen molar-refractivity contribution in [2.45, 2.75) is 0 Å². The predicted molar refractivity (Wildman–Crippen MR) is 61.7 cm³/mol. The molecule has 0 radical (unpaired) electrons.